The molecular weight excluding hydrogens is 371 g/mol. The molecule has 0 aliphatic carbocycles. The molecule has 0 unspecified atom stereocenters. The van der Waals surface area contributed by atoms with Crippen LogP contribution >= 0.6 is 0 Å². The highest BCUT2D eigenvalue weighted by Crippen LogP contribution is 2.33. The van der Waals surface area contributed by atoms with Crippen LogP contribution in [0.3, 0.4) is 0 Å². The summed E-state index contributed by atoms with van der Waals surface area (Å²) in [5, 5.41) is 25.0. The fraction of sp³-hybridized carbons (Fsp3) is 0.278. The first kappa shape index (κ1) is 19.2. The van der Waals surface area contributed by atoms with Crippen LogP contribution in [-0.2, 0) is 0 Å². The van der Waals surface area contributed by atoms with Crippen molar-refractivity contribution in [2.45, 2.75) is 18.9 Å². The Bertz CT molecular complexity index is 911. The number of piperidine rings is 1. The zero-order valence-electron chi connectivity index (χ0n) is 14.7. The van der Waals surface area contributed by atoms with Gasteiger partial charge in [-0.2, -0.15) is 0 Å². The van der Waals surface area contributed by atoms with Crippen LogP contribution in [0.15, 0.2) is 42.5 Å². The zero-order valence-corrected chi connectivity index (χ0v) is 14.7. The van der Waals surface area contributed by atoms with Crippen molar-refractivity contribution in [3.05, 3.63) is 74.1 Å². The summed E-state index contributed by atoms with van der Waals surface area (Å²) in [7, 11) is 0. The van der Waals surface area contributed by atoms with Crippen molar-refractivity contribution in [1.29, 1.82) is 0 Å². The van der Waals surface area contributed by atoms with E-state index in [0.29, 0.717) is 37.2 Å². The Balaban J connectivity index is 1.65. The largest absolute Gasteiger partial charge is 0.366 e. The van der Waals surface area contributed by atoms with Crippen LogP contribution in [0.5, 0.6) is 0 Å². The monoisotopic (exact) mass is 388 g/mol. The third kappa shape index (κ3) is 4.22. The van der Waals surface area contributed by atoms with E-state index in [4.69, 9.17) is 0 Å². The number of rotatable bonds is 5. The summed E-state index contributed by atoms with van der Waals surface area (Å²) in [6, 6.07) is 8.69. The number of carbonyl (C=O) groups excluding carboxylic acids is 1. The Hall–Kier alpha value is -3.56. The van der Waals surface area contributed by atoms with Crippen molar-refractivity contribution in [3.63, 3.8) is 0 Å². The van der Waals surface area contributed by atoms with E-state index in [1.54, 1.807) is 4.90 Å². The summed E-state index contributed by atoms with van der Waals surface area (Å²) < 4.78 is 12.9. The highest BCUT2D eigenvalue weighted by molar-refractivity contribution is 5.94. The highest BCUT2D eigenvalue weighted by atomic mass is 19.1. The molecule has 2 aromatic carbocycles. The molecule has 0 atom stereocenters. The first-order chi connectivity index (χ1) is 13.3. The van der Waals surface area contributed by atoms with Gasteiger partial charge in [0.1, 0.15) is 11.5 Å². The zero-order chi connectivity index (χ0) is 20.3. The number of anilines is 1. The lowest BCUT2D eigenvalue weighted by Gasteiger charge is -2.33. The molecule has 0 radical (unpaired) electrons. The molecule has 10 heteroatoms. The van der Waals surface area contributed by atoms with Crippen molar-refractivity contribution in [2.75, 3.05) is 18.0 Å². The third-order valence-corrected chi connectivity index (χ3v) is 4.64. The molecule has 146 valence electrons. The lowest BCUT2D eigenvalue weighted by atomic mass is 10.0. The van der Waals surface area contributed by atoms with Crippen LogP contribution in [0.25, 0.3) is 0 Å². The van der Waals surface area contributed by atoms with E-state index in [1.165, 1.54) is 36.4 Å². The van der Waals surface area contributed by atoms with Gasteiger partial charge in [0.05, 0.1) is 15.9 Å². The van der Waals surface area contributed by atoms with Crippen molar-refractivity contribution in [1.82, 2.24) is 5.32 Å². The third-order valence-electron chi connectivity index (χ3n) is 4.64. The topological polar surface area (TPSA) is 119 Å². The number of benzene rings is 2. The molecule has 3 rings (SSSR count). The van der Waals surface area contributed by atoms with Crippen LogP contribution in [-0.4, -0.2) is 34.9 Å². The number of halogens is 1. The summed E-state index contributed by atoms with van der Waals surface area (Å²) in [5.41, 5.74) is 0.0219. The van der Waals surface area contributed by atoms with Gasteiger partial charge in [0.15, 0.2) is 0 Å². The van der Waals surface area contributed by atoms with E-state index in [9.17, 15) is 29.4 Å². The molecule has 28 heavy (non-hydrogen) atoms. The first-order valence-corrected chi connectivity index (χ1v) is 8.59. The van der Waals surface area contributed by atoms with Gasteiger partial charge >= 0.3 is 0 Å². The molecule has 0 aromatic heterocycles. The minimum absolute atomic E-state index is 0.120. The van der Waals surface area contributed by atoms with Gasteiger partial charge in [0, 0.05) is 30.8 Å². The van der Waals surface area contributed by atoms with Crippen molar-refractivity contribution < 1.29 is 19.0 Å². The maximum atomic E-state index is 12.9. The van der Waals surface area contributed by atoms with Gasteiger partial charge in [0.2, 0.25) is 0 Å². The number of nitrogens with one attached hydrogen (secondary N) is 1. The summed E-state index contributed by atoms with van der Waals surface area (Å²) in [5.74, 6) is -0.727. The van der Waals surface area contributed by atoms with Gasteiger partial charge in [-0.1, -0.05) is 0 Å². The Kier molecular flexibility index (Phi) is 5.48. The summed E-state index contributed by atoms with van der Waals surface area (Å²) in [4.78, 5) is 34.8. The Labute approximate surface area is 159 Å². The molecule has 1 aliphatic rings. The number of nitro groups is 2. The molecule has 2 aromatic rings. The maximum Gasteiger partial charge on any atom is 0.299 e. The van der Waals surface area contributed by atoms with Crippen molar-refractivity contribution in [3.8, 4) is 0 Å². The Morgan fingerprint density at radius 3 is 2.25 bits per heavy atom. The number of nitro benzene ring substituents is 2. The summed E-state index contributed by atoms with van der Waals surface area (Å²) >= 11 is 0. The molecule has 1 N–H and O–H groups in total. The van der Waals surface area contributed by atoms with Crippen LogP contribution in [0.1, 0.15) is 23.2 Å². The normalized spacial score (nSPS) is 14.5. The van der Waals surface area contributed by atoms with Crippen LogP contribution < -0.4 is 10.2 Å². The predicted octanol–water partition coefficient (Wildman–Crippen LogP) is 3.04. The van der Waals surface area contributed by atoms with Gasteiger partial charge in [-0.15, -0.1) is 0 Å². The second-order valence-corrected chi connectivity index (χ2v) is 6.43. The van der Waals surface area contributed by atoms with Gasteiger partial charge < -0.3 is 10.2 Å². The summed E-state index contributed by atoms with van der Waals surface area (Å²) in [6.07, 6.45) is 1.11. The fourth-order valence-electron chi connectivity index (χ4n) is 3.17. The molecule has 0 spiro atoms. The predicted molar refractivity (Wildman–Crippen MR) is 98.9 cm³/mol. The van der Waals surface area contributed by atoms with E-state index < -0.39 is 15.7 Å². The molecule has 1 heterocycles. The first-order valence-electron chi connectivity index (χ1n) is 8.59. The molecule has 1 aliphatic heterocycles. The number of hydrogen-bond donors (Lipinski definition) is 1. The second-order valence-electron chi connectivity index (χ2n) is 6.43. The van der Waals surface area contributed by atoms with Crippen LogP contribution in [0, 0.1) is 26.0 Å². The molecule has 1 fully saturated rings. The number of hydrogen-bond acceptors (Lipinski definition) is 6. The van der Waals surface area contributed by atoms with Gasteiger partial charge in [0.25, 0.3) is 17.3 Å². The minimum atomic E-state index is -0.673. The number of amides is 1. The SMILES string of the molecule is O=C(NC1CCN(c2ccc([N+](=O)[O-])cc2[N+](=O)[O-])CC1)c1ccc(F)cc1. The number of non-ortho nitro benzene ring substituents is 1. The van der Waals surface area contributed by atoms with E-state index in [0.717, 1.165) is 6.07 Å². The minimum Gasteiger partial charge on any atom is -0.366 e. The number of nitrogens with zero attached hydrogens (tertiary/aromatic N) is 3. The average molecular weight is 388 g/mol. The quantitative estimate of drug-likeness (QED) is 0.621. The molecular formula is C18H17FN4O5. The molecule has 9 nitrogen and oxygen atoms in total. The molecule has 0 saturated carbocycles. The van der Waals surface area contributed by atoms with Crippen LogP contribution in [0.4, 0.5) is 21.5 Å². The average Bonchev–Trinajstić information content (AvgIpc) is 2.68. The fourth-order valence-corrected chi connectivity index (χ4v) is 3.17. The standard InChI is InChI=1S/C18H17FN4O5/c19-13-3-1-12(2-4-13)18(24)20-14-7-9-21(10-8-14)16-6-5-15(22(25)26)11-17(16)23(27)28/h1-6,11,14H,7-10H2,(H,20,24). The van der Waals surface area contributed by atoms with E-state index in [1.807, 2.05) is 0 Å². The molecule has 1 saturated heterocycles. The molecule has 1 amide bonds. The maximum absolute atomic E-state index is 12.9. The van der Waals surface area contributed by atoms with E-state index in [2.05, 4.69) is 5.32 Å². The van der Waals surface area contributed by atoms with Gasteiger partial charge in [-0.3, -0.25) is 25.0 Å². The lowest BCUT2D eigenvalue weighted by Crippen LogP contribution is -2.44. The van der Waals surface area contributed by atoms with Crippen molar-refractivity contribution in [2.24, 2.45) is 0 Å². The van der Waals surface area contributed by atoms with Crippen molar-refractivity contribution >= 4 is 23.0 Å². The van der Waals surface area contributed by atoms with E-state index >= 15 is 0 Å². The lowest BCUT2D eigenvalue weighted by molar-refractivity contribution is -0.393. The number of carbonyl (C=O) groups is 1. The Morgan fingerprint density at radius 1 is 1.04 bits per heavy atom. The Morgan fingerprint density at radius 2 is 1.68 bits per heavy atom. The van der Waals surface area contributed by atoms with Crippen LogP contribution in [0.2, 0.25) is 0 Å². The second kappa shape index (κ2) is 7.99. The van der Waals surface area contributed by atoms with E-state index in [-0.39, 0.29) is 23.3 Å². The van der Waals surface area contributed by atoms with Gasteiger partial charge in [-0.05, 0) is 43.2 Å². The summed E-state index contributed by atoms with van der Waals surface area (Å²) in [6.45, 7) is 0.903. The molecule has 0 bridgehead atoms. The smallest absolute Gasteiger partial charge is 0.299 e. The highest BCUT2D eigenvalue weighted by Gasteiger charge is 2.27. The van der Waals surface area contributed by atoms with Gasteiger partial charge in [-0.25, -0.2) is 4.39 Å².